The second-order valence-corrected chi connectivity index (χ2v) is 5.95. The Balaban J connectivity index is 1.97. The monoisotopic (exact) mass is 339 g/mol. The maximum atomic E-state index is 11.8. The molecule has 2 aliphatic heterocycles. The van der Waals surface area contributed by atoms with Crippen LogP contribution in [0.5, 0.6) is 0 Å². The van der Waals surface area contributed by atoms with Crippen molar-refractivity contribution < 1.29 is 19.1 Å². The summed E-state index contributed by atoms with van der Waals surface area (Å²) in [5.74, 6) is 0.237. The second-order valence-electron chi connectivity index (χ2n) is 5.95. The summed E-state index contributed by atoms with van der Waals surface area (Å²) in [6.07, 6.45) is 0. The number of rotatable bonds is 5. The van der Waals surface area contributed by atoms with E-state index in [4.69, 9.17) is 4.74 Å². The van der Waals surface area contributed by atoms with Crippen LogP contribution < -0.4 is 10.6 Å². The topological polar surface area (TPSA) is 103 Å². The van der Waals surface area contributed by atoms with Crippen LogP contribution in [0.25, 0.3) is 0 Å². The minimum absolute atomic E-state index is 0.0487. The Hall–Kier alpha value is -2.32. The number of amides is 3. The quantitative estimate of drug-likeness (QED) is 0.295. The Morgan fingerprint density at radius 3 is 2.75 bits per heavy atom. The van der Waals surface area contributed by atoms with Gasteiger partial charge in [-0.25, -0.2) is 4.79 Å². The average Bonchev–Trinajstić information content (AvgIpc) is 3.10. The number of ether oxygens (including phenoxy) is 1. The molecule has 2 saturated heterocycles. The summed E-state index contributed by atoms with van der Waals surface area (Å²) in [6.45, 7) is 6.52. The number of carbonyl (C=O) groups is 3. The van der Waals surface area contributed by atoms with Gasteiger partial charge >= 0.3 is 12.0 Å². The molecular weight excluding hydrogens is 314 g/mol. The van der Waals surface area contributed by atoms with Crippen molar-refractivity contribution >= 4 is 23.9 Å². The number of imide groups is 1. The molecule has 0 radical (unpaired) electrons. The molecule has 3 amide bonds. The van der Waals surface area contributed by atoms with E-state index in [9.17, 15) is 14.4 Å². The molecule has 2 heterocycles. The third-order valence-corrected chi connectivity index (χ3v) is 4.27. The van der Waals surface area contributed by atoms with E-state index >= 15 is 0 Å². The van der Waals surface area contributed by atoms with Gasteiger partial charge in [-0.15, -0.1) is 0 Å². The minimum atomic E-state index is -0.374. The zero-order valence-electron chi connectivity index (χ0n) is 14.4. The summed E-state index contributed by atoms with van der Waals surface area (Å²) in [4.78, 5) is 42.5. The molecule has 0 bridgehead atoms. The number of aliphatic imine (C=N–C) groups is 1. The van der Waals surface area contributed by atoms with E-state index in [0.29, 0.717) is 32.1 Å². The molecule has 0 aromatic heterocycles. The van der Waals surface area contributed by atoms with E-state index in [0.717, 1.165) is 4.90 Å². The van der Waals surface area contributed by atoms with E-state index in [1.807, 2.05) is 18.7 Å². The molecule has 0 spiro atoms. The fraction of sp³-hybridized carbons (Fsp3) is 0.733. The van der Waals surface area contributed by atoms with E-state index in [-0.39, 0.29) is 42.8 Å². The van der Waals surface area contributed by atoms with Gasteiger partial charge in [0.2, 0.25) is 5.91 Å². The van der Waals surface area contributed by atoms with Crippen LogP contribution in [-0.2, 0) is 14.3 Å². The van der Waals surface area contributed by atoms with Gasteiger partial charge in [-0.3, -0.25) is 19.5 Å². The van der Waals surface area contributed by atoms with Crippen molar-refractivity contribution in [2.45, 2.75) is 13.8 Å². The van der Waals surface area contributed by atoms with Crippen LogP contribution in [0.4, 0.5) is 4.79 Å². The van der Waals surface area contributed by atoms with Crippen molar-refractivity contribution in [2.75, 3.05) is 46.4 Å². The van der Waals surface area contributed by atoms with Crippen LogP contribution in [0.15, 0.2) is 4.99 Å². The SMILES string of the molecule is CCNC(=NCCN1C(=O)CNC1=O)N1CC(C)C(C(=O)OC)C1. The molecule has 0 aromatic carbocycles. The molecule has 2 atom stereocenters. The number of guanidine groups is 1. The maximum absolute atomic E-state index is 11.8. The van der Waals surface area contributed by atoms with Gasteiger partial charge < -0.3 is 20.3 Å². The van der Waals surface area contributed by atoms with Gasteiger partial charge in [0.25, 0.3) is 0 Å². The van der Waals surface area contributed by atoms with Gasteiger partial charge in [-0.1, -0.05) is 6.92 Å². The Labute approximate surface area is 141 Å². The molecule has 9 nitrogen and oxygen atoms in total. The van der Waals surface area contributed by atoms with E-state index in [1.165, 1.54) is 7.11 Å². The lowest BCUT2D eigenvalue weighted by Crippen LogP contribution is -2.41. The molecular formula is C15H25N5O4. The molecule has 9 heteroatoms. The van der Waals surface area contributed by atoms with Crippen LogP contribution in [0, 0.1) is 11.8 Å². The fourth-order valence-corrected chi connectivity index (χ4v) is 2.96. The number of hydrogen-bond acceptors (Lipinski definition) is 5. The smallest absolute Gasteiger partial charge is 0.324 e. The maximum Gasteiger partial charge on any atom is 0.324 e. The van der Waals surface area contributed by atoms with Gasteiger partial charge in [0.1, 0.15) is 0 Å². The first-order valence-corrected chi connectivity index (χ1v) is 8.17. The molecule has 2 fully saturated rings. The summed E-state index contributed by atoms with van der Waals surface area (Å²) >= 11 is 0. The standard InChI is InChI=1S/C15H25N5O4/c1-4-16-14(17-5-6-20-12(21)7-18-15(20)23)19-8-10(2)11(9-19)13(22)24-3/h10-11H,4-9H2,1-3H3,(H,16,17)(H,18,23). The number of carbonyl (C=O) groups excluding carboxylic acids is 3. The first-order valence-electron chi connectivity index (χ1n) is 8.17. The predicted octanol–water partition coefficient (Wildman–Crippen LogP) is -0.755. The van der Waals surface area contributed by atoms with Crippen molar-refractivity contribution in [3.05, 3.63) is 0 Å². The third-order valence-electron chi connectivity index (χ3n) is 4.27. The highest BCUT2D eigenvalue weighted by molar-refractivity contribution is 6.01. The second kappa shape index (κ2) is 7.98. The molecule has 0 aromatic rings. The molecule has 2 aliphatic rings. The van der Waals surface area contributed by atoms with Crippen molar-refractivity contribution in [1.29, 1.82) is 0 Å². The minimum Gasteiger partial charge on any atom is -0.469 e. The van der Waals surface area contributed by atoms with Crippen LogP contribution in [-0.4, -0.2) is 80.0 Å². The highest BCUT2D eigenvalue weighted by atomic mass is 16.5. The number of esters is 1. The number of nitrogens with zero attached hydrogens (tertiary/aromatic N) is 3. The van der Waals surface area contributed by atoms with Crippen molar-refractivity contribution in [3.63, 3.8) is 0 Å². The van der Waals surface area contributed by atoms with Crippen LogP contribution >= 0.6 is 0 Å². The number of likely N-dealkylation sites (tertiary alicyclic amines) is 1. The molecule has 24 heavy (non-hydrogen) atoms. The first kappa shape index (κ1) is 18.0. The van der Waals surface area contributed by atoms with E-state index in [2.05, 4.69) is 15.6 Å². The van der Waals surface area contributed by atoms with Crippen LogP contribution in [0.2, 0.25) is 0 Å². The third kappa shape index (κ3) is 3.95. The largest absolute Gasteiger partial charge is 0.469 e. The van der Waals surface area contributed by atoms with E-state index < -0.39 is 0 Å². The summed E-state index contributed by atoms with van der Waals surface area (Å²) in [5.41, 5.74) is 0. The van der Waals surface area contributed by atoms with Gasteiger partial charge in [0, 0.05) is 19.6 Å². The summed E-state index contributed by atoms with van der Waals surface area (Å²) in [7, 11) is 1.40. The molecule has 0 aliphatic carbocycles. The highest BCUT2D eigenvalue weighted by Gasteiger charge is 2.37. The Kier molecular flexibility index (Phi) is 5.99. The van der Waals surface area contributed by atoms with Crippen molar-refractivity contribution in [1.82, 2.24) is 20.4 Å². The number of nitrogens with one attached hydrogen (secondary N) is 2. The molecule has 2 rings (SSSR count). The summed E-state index contributed by atoms with van der Waals surface area (Å²) in [6, 6.07) is -0.374. The average molecular weight is 339 g/mol. The summed E-state index contributed by atoms with van der Waals surface area (Å²) in [5, 5.41) is 5.67. The van der Waals surface area contributed by atoms with Crippen molar-refractivity contribution in [2.24, 2.45) is 16.8 Å². The van der Waals surface area contributed by atoms with Gasteiger partial charge in [0.05, 0.1) is 32.7 Å². The van der Waals surface area contributed by atoms with E-state index in [1.54, 1.807) is 0 Å². The van der Waals surface area contributed by atoms with Gasteiger partial charge in [0.15, 0.2) is 5.96 Å². The van der Waals surface area contributed by atoms with Crippen molar-refractivity contribution in [3.8, 4) is 0 Å². The lowest BCUT2D eigenvalue weighted by atomic mass is 9.99. The number of hydrogen-bond donors (Lipinski definition) is 2. The Morgan fingerprint density at radius 1 is 1.42 bits per heavy atom. The zero-order valence-corrected chi connectivity index (χ0v) is 14.4. The Morgan fingerprint density at radius 2 is 2.17 bits per heavy atom. The highest BCUT2D eigenvalue weighted by Crippen LogP contribution is 2.24. The van der Waals surface area contributed by atoms with Crippen LogP contribution in [0.1, 0.15) is 13.8 Å². The molecule has 134 valence electrons. The zero-order chi connectivity index (χ0) is 17.7. The lowest BCUT2D eigenvalue weighted by molar-refractivity contribution is -0.146. The molecule has 2 unspecified atom stereocenters. The molecule has 0 saturated carbocycles. The Bertz CT molecular complexity index is 520. The fourth-order valence-electron chi connectivity index (χ4n) is 2.96. The number of methoxy groups -OCH3 is 1. The van der Waals surface area contributed by atoms with Crippen LogP contribution in [0.3, 0.4) is 0 Å². The van der Waals surface area contributed by atoms with Gasteiger partial charge in [-0.2, -0.15) is 0 Å². The predicted molar refractivity (Wildman–Crippen MR) is 87.3 cm³/mol. The normalized spacial score (nSPS) is 24.4. The summed E-state index contributed by atoms with van der Waals surface area (Å²) < 4.78 is 4.85. The number of urea groups is 1. The molecule has 2 N–H and O–H groups in total. The first-order chi connectivity index (χ1) is 11.5. The lowest BCUT2D eigenvalue weighted by Gasteiger charge is -2.21. The van der Waals surface area contributed by atoms with Gasteiger partial charge in [-0.05, 0) is 12.8 Å².